The fraction of sp³-hybridized carbons (Fsp3) is 0. The van der Waals surface area contributed by atoms with Gasteiger partial charge in [-0.05, 0) is 12.1 Å². The van der Waals surface area contributed by atoms with Gasteiger partial charge in [0.1, 0.15) is 5.69 Å². The van der Waals surface area contributed by atoms with Crippen LogP contribution in [0.25, 0.3) is 11.3 Å². The van der Waals surface area contributed by atoms with Crippen LogP contribution in [-0.2, 0) is 0 Å². The normalized spacial score (nSPS) is 10.5. The number of aromatic nitrogens is 1. The Bertz CT molecular complexity index is 513. The molecular weight excluding hydrogens is 223 g/mol. The number of rotatable bonds is 1. The van der Waals surface area contributed by atoms with E-state index in [1.807, 2.05) is 0 Å². The zero-order chi connectivity index (χ0) is 11.0. The lowest BCUT2D eigenvalue weighted by Gasteiger charge is -2.03. The van der Waals surface area contributed by atoms with Gasteiger partial charge < -0.3 is 15.4 Å². The Morgan fingerprint density at radius 1 is 1.47 bits per heavy atom. The summed E-state index contributed by atoms with van der Waals surface area (Å²) in [4.78, 5) is 0. The number of hydrogen-bond acceptors (Lipinski definition) is 4. The molecule has 2 rings (SSSR count). The van der Waals surface area contributed by atoms with Crippen LogP contribution in [-0.4, -0.2) is 10.3 Å². The van der Waals surface area contributed by atoms with Crippen molar-refractivity contribution in [2.24, 2.45) is 0 Å². The zero-order valence-corrected chi connectivity index (χ0v) is 8.12. The van der Waals surface area contributed by atoms with E-state index in [0.29, 0.717) is 0 Å². The van der Waals surface area contributed by atoms with Crippen molar-refractivity contribution in [2.45, 2.75) is 0 Å². The first-order chi connectivity index (χ1) is 7.09. The highest BCUT2D eigenvalue weighted by molar-refractivity contribution is 6.33. The van der Waals surface area contributed by atoms with Gasteiger partial charge in [0.15, 0.2) is 11.6 Å². The van der Waals surface area contributed by atoms with Crippen molar-refractivity contribution in [1.82, 2.24) is 5.16 Å². The van der Waals surface area contributed by atoms with Crippen molar-refractivity contribution in [3.05, 3.63) is 29.0 Å². The van der Waals surface area contributed by atoms with Crippen molar-refractivity contribution < 1.29 is 14.0 Å². The first-order valence-corrected chi connectivity index (χ1v) is 4.37. The summed E-state index contributed by atoms with van der Waals surface area (Å²) in [6, 6.07) is 3.72. The summed E-state index contributed by atoms with van der Waals surface area (Å²) in [7, 11) is 0. The number of nitrogens with two attached hydrogens (primary N) is 1. The van der Waals surface area contributed by atoms with Crippen molar-refractivity contribution in [1.29, 1.82) is 0 Å². The summed E-state index contributed by atoms with van der Waals surface area (Å²) in [6.45, 7) is 0. The molecule has 0 saturated carbocycles. The van der Waals surface area contributed by atoms with E-state index < -0.39 is 11.6 Å². The quantitative estimate of drug-likeness (QED) is 0.786. The van der Waals surface area contributed by atoms with Crippen molar-refractivity contribution >= 4 is 17.5 Å². The Kier molecular flexibility index (Phi) is 2.24. The maximum atomic E-state index is 13.1. The van der Waals surface area contributed by atoms with E-state index in [0.717, 1.165) is 6.07 Å². The van der Waals surface area contributed by atoms with Gasteiger partial charge in [0.2, 0.25) is 5.88 Å². The molecule has 0 unspecified atom stereocenters. The predicted octanol–water partition coefficient (Wildman–Crippen LogP) is 2.42. The van der Waals surface area contributed by atoms with E-state index in [4.69, 9.17) is 17.3 Å². The lowest BCUT2D eigenvalue weighted by molar-refractivity contribution is 0.427. The first kappa shape index (κ1) is 9.79. The van der Waals surface area contributed by atoms with E-state index >= 15 is 0 Å². The van der Waals surface area contributed by atoms with Crippen LogP contribution < -0.4 is 5.73 Å². The van der Waals surface area contributed by atoms with Crippen LogP contribution in [0.2, 0.25) is 5.02 Å². The summed E-state index contributed by atoms with van der Waals surface area (Å²) in [5.74, 6) is -1.29. The third-order valence-electron chi connectivity index (χ3n) is 1.86. The molecule has 6 heteroatoms. The Morgan fingerprint density at radius 3 is 2.80 bits per heavy atom. The topological polar surface area (TPSA) is 72.3 Å². The van der Waals surface area contributed by atoms with Crippen LogP contribution in [0.1, 0.15) is 0 Å². The molecule has 1 aromatic carbocycles. The van der Waals surface area contributed by atoms with Crippen LogP contribution in [0.15, 0.2) is 22.7 Å². The van der Waals surface area contributed by atoms with Gasteiger partial charge in [-0.15, -0.1) is 0 Å². The fourth-order valence-electron chi connectivity index (χ4n) is 1.19. The molecule has 0 fully saturated rings. The summed E-state index contributed by atoms with van der Waals surface area (Å²) in [5, 5.41) is 13.2. The number of aromatic hydroxyl groups is 1. The minimum atomic E-state index is -0.782. The van der Waals surface area contributed by atoms with Gasteiger partial charge in [-0.2, -0.15) is 0 Å². The van der Waals surface area contributed by atoms with Gasteiger partial charge in [0, 0.05) is 6.07 Å². The SMILES string of the molecule is Nc1cc(-c2c(Cl)ccc(F)c2O)no1. The number of nitrogen functional groups attached to an aromatic ring is 1. The van der Waals surface area contributed by atoms with Crippen LogP contribution >= 0.6 is 11.6 Å². The Hall–Kier alpha value is -1.75. The van der Waals surface area contributed by atoms with Crippen LogP contribution in [0.3, 0.4) is 0 Å². The van der Waals surface area contributed by atoms with Crippen LogP contribution in [0.5, 0.6) is 5.75 Å². The van der Waals surface area contributed by atoms with Gasteiger partial charge in [0.25, 0.3) is 0 Å². The molecule has 0 aliphatic rings. The van der Waals surface area contributed by atoms with E-state index in [-0.39, 0.29) is 22.2 Å². The second-order valence-electron chi connectivity index (χ2n) is 2.87. The number of phenols is 1. The highest BCUT2D eigenvalue weighted by atomic mass is 35.5. The number of phenolic OH excluding ortho intramolecular Hbond substituents is 1. The molecule has 0 saturated heterocycles. The van der Waals surface area contributed by atoms with E-state index in [1.54, 1.807) is 0 Å². The van der Waals surface area contributed by atoms with Gasteiger partial charge >= 0.3 is 0 Å². The lowest BCUT2D eigenvalue weighted by atomic mass is 10.1. The number of halogens is 2. The van der Waals surface area contributed by atoms with Crippen molar-refractivity contribution in [3.8, 4) is 17.0 Å². The number of anilines is 1. The highest BCUT2D eigenvalue weighted by Crippen LogP contribution is 2.37. The second-order valence-corrected chi connectivity index (χ2v) is 3.27. The maximum Gasteiger partial charge on any atom is 0.222 e. The number of hydrogen-bond donors (Lipinski definition) is 2. The Labute approximate surface area is 89.1 Å². The van der Waals surface area contributed by atoms with Gasteiger partial charge in [-0.25, -0.2) is 4.39 Å². The minimum absolute atomic E-state index is 0.0599. The molecule has 15 heavy (non-hydrogen) atoms. The molecule has 0 aliphatic heterocycles. The Morgan fingerprint density at radius 2 is 2.20 bits per heavy atom. The van der Waals surface area contributed by atoms with Gasteiger partial charge in [0.05, 0.1) is 10.6 Å². The second kappa shape index (κ2) is 3.43. The summed E-state index contributed by atoms with van der Waals surface area (Å²) >= 11 is 5.80. The molecule has 1 aromatic heterocycles. The van der Waals surface area contributed by atoms with E-state index in [2.05, 4.69) is 9.68 Å². The average Bonchev–Trinajstić information content (AvgIpc) is 2.59. The number of nitrogens with zero attached hydrogens (tertiary/aromatic N) is 1. The van der Waals surface area contributed by atoms with Crippen molar-refractivity contribution in [3.63, 3.8) is 0 Å². The molecule has 0 amide bonds. The van der Waals surface area contributed by atoms with Crippen LogP contribution in [0.4, 0.5) is 10.3 Å². The molecule has 0 aliphatic carbocycles. The van der Waals surface area contributed by atoms with Gasteiger partial charge in [-0.3, -0.25) is 0 Å². The van der Waals surface area contributed by atoms with Gasteiger partial charge in [-0.1, -0.05) is 16.8 Å². The molecule has 0 bridgehead atoms. The standard InChI is InChI=1S/C9H6ClFN2O2/c10-4-1-2-5(11)9(14)8(4)6-3-7(12)15-13-6/h1-3,14H,12H2. The number of benzene rings is 1. The molecule has 2 aromatic rings. The highest BCUT2D eigenvalue weighted by Gasteiger charge is 2.16. The molecule has 3 N–H and O–H groups in total. The summed E-state index contributed by atoms with van der Waals surface area (Å²) < 4.78 is 17.7. The average molecular weight is 229 g/mol. The van der Waals surface area contributed by atoms with E-state index in [1.165, 1.54) is 12.1 Å². The molecule has 0 atom stereocenters. The Balaban J connectivity index is 2.66. The zero-order valence-electron chi connectivity index (χ0n) is 7.37. The third kappa shape index (κ3) is 1.61. The largest absolute Gasteiger partial charge is 0.504 e. The fourth-order valence-corrected chi connectivity index (χ4v) is 1.44. The minimum Gasteiger partial charge on any atom is -0.504 e. The monoisotopic (exact) mass is 228 g/mol. The molecule has 78 valence electrons. The molecule has 0 spiro atoms. The lowest BCUT2D eigenvalue weighted by Crippen LogP contribution is -1.85. The maximum absolute atomic E-state index is 13.1. The van der Waals surface area contributed by atoms with Crippen LogP contribution in [0, 0.1) is 5.82 Å². The molecule has 0 radical (unpaired) electrons. The smallest absolute Gasteiger partial charge is 0.222 e. The van der Waals surface area contributed by atoms with E-state index in [9.17, 15) is 9.50 Å². The third-order valence-corrected chi connectivity index (χ3v) is 2.18. The first-order valence-electron chi connectivity index (χ1n) is 3.99. The predicted molar refractivity (Wildman–Crippen MR) is 53.0 cm³/mol. The van der Waals surface area contributed by atoms with Crippen molar-refractivity contribution in [2.75, 3.05) is 5.73 Å². The summed E-state index contributed by atoms with van der Waals surface area (Å²) in [6.07, 6.45) is 0. The summed E-state index contributed by atoms with van der Waals surface area (Å²) in [5.41, 5.74) is 5.56. The molecule has 1 heterocycles. The molecule has 4 nitrogen and oxygen atoms in total. The molecular formula is C9H6ClFN2O2.